The van der Waals surface area contributed by atoms with Gasteiger partial charge in [-0.15, -0.1) is 0 Å². The first-order valence-electron chi connectivity index (χ1n) is 10.3. The number of nitrogens with zero attached hydrogens (tertiary/aromatic N) is 3. The second kappa shape index (κ2) is 9.70. The molecule has 2 N–H and O–H groups in total. The standard InChI is InChI=1S/C24H24ClN5O2/c1-3-21(31)26-12-13-27-23-17-11-14-30(15-19(17)28-24(29-23)32-4-2)20-10-6-8-16-7-5-9-18(25)22(16)20/h3-10H,1-2,11-15H2,(H,26,31)(H,27,28,29). The first-order valence-corrected chi connectivity index (χ1v) is 10.7. The van der Waals surface area contributed by atoms with Gasteiger partial charge in [-0.3, -0.25) is 4.79 Å². The average Bonchev–Trinajstić information content (AvgIpc) is 2.81. The molecule has 2 aromatic carbocycles. The molecule has 1 amide bonds. The lowest BCUT2D eigenvalue weighted by atomic mass is 10.0. The number of amides is 1. The Balaban J connectivity index is 1.61. The predicted octanol–water partition coefficient (Wildman–Crippen LogP) is 4.08. The van der Waals surface area contributed by atoms with Crippen molar-refractivity contribution in [2.75, 3.05) is 29.9 Å². The van der Waals surface area contributed by atoms with Gasteiger partial charge < -0.3 is 20.3 Å². The molecule has 3 aromatic rings. The van der Waals surface area contributed by atoms with E-state index in [-0.39, 0.29) is 11.9 Å². The molecule has 8 heteroatoms. The van der Waals surface area contributed by atoms with E-state index in [0.717, 1.165) is 45.7 Å². The van der Waals surface area contributed by atoms with Crippen LogP contribution in [0.5, 0.6) is 6.01 Å². The SMILES string of the molecule is C=COc1nc2c(c(NCCNC(=O)C=C)n1)CCN(c1cccc3cccc(Cl)c13)C2. The largest absolute Gasteiger partial charge is 0.433 e. The van der Waals surface area contributed by atoms with Crippen LogP contribution in [0.15, 0.2) is 61.9 Å². The highest BCUT2D eigenvalue weighted by Crippen LogP contribution is 2.36. The van der Waals surface area contributed by atoms with Gasteiger partial charge in [0.2, 0.25) is 5.91 Å². The van der Waals surface area contributed by atoms with Crippen molar-refractivity contribution in [1.82, 2.24) is 15.3 Å². The quantitative estimate of drug-likeness (QED) is 0.306. The minimum Gasteiger partial charge on any atom is -0.433 e. The Morgan fingerprint density at radius 2 is 2.00 bits per heavy atom. The number of rotatable bonds is 8. The molecule has 0 atom stereocenters. The third kappa shape index (κ3) is 4.53. The molecule has 0 radical (unpaired) electrons. The van der Waals surface area contributed by atoms with Gasteiger partial charge in [-0.2, -0.15) is 9.97 Å². The summed E-state index contributed by atoms with van der Waals surface area (Å²) in [5, 5.41) is 8.90. The molecule has 32 heavy (non-hydrogen) atoms. The van der Waals surface area contributed by atoms with Crippen LogP contribution in [0.4, 0.5) is 11.5 Å². The van der Waals surface area contributed by atoms with Crippen LogP contribution >= 0.6 is 11.6 Å². The van der Waals surface area contributed by atoms with Crippen molar-refractivity contribution in [3.05, 3.63) is 78.2 Å². The summed E-state index contributed by atoms with van der Waals surface area (Å²) in [5.41, 5.74) is 2.99. The molecule has 0 fully saturated rings. The van der Waals surface area contributed by atoms with Crippen molar-refractivity contribution < 1.29 is 9.53 Å². The highest BCUT2D eigenvalue weighted by atomic mass is 35.5. The van der Waals surface area contributed by atoms with Crippen LogP contribution in [0.2, 0.25) is 5.02 Å². The summed E-state index contributed by atoms with van der Waals surface area (Å²) >= 11 is 6.55. The zero-order chi connectivity index (χ0) is 22.5. The third-order valence-corrected chi connectivity index (χ3v) is 5.62. The fraction of sp³-hybridized carbons (Fsp3) is 0.208. The van der Waals surface area contributed by atoms with E-state index in [1.807, 2.05) is 18.2 Å². The average molecular weight is 450 g/mol. The molecule has 0 aliphatic carbocycles. The van der Waals surface area contributed by atoms with Gasteiger partial charge in [0.1, 0.15) is 5.82 Å². The normalized spacial score (nSPS) is 12.7. The predicted molar refractivity (Wildman–Crippen MR) is 128 cm³/mol. The van der Waals surface area contributed by atoms with Gasteiger partial charge in [-0.05, 0) is 30.0 Å². The fourth-order valence-electron chi connectivity index (χ4n) is 3.87. The number of hydrogen-bond acceptors (Lipinski definition) is 6. The van der Waals surface area contributed by atoms with E-state index < -0.39 is 0 Å². The van der Waals surface area contributed by atoms with Gasteiger partial charge in [0, 0.05) is 36.3 Å². The molecule has 0 unspecified atom stereocenters. The van der Waals surface area contributed by atoms with Crippen LogP contribution in [0, 0.1) is 0 Å². The summed E-state index contributed by atoms with van der Waals surface area (Å²) in [7, 11) is 0. The van der Waals surface area contributed by atoms with Crippen molar-refractivity contribution in [3.63, 3.8) is 0 Å². The molecular formula is C24H24ClN5O2. The number of fused-ring (bicyclic) bond motifs is 2. The number of carbonyl (C=O) groups excluding carboxylic acids is 1. The summed E-state index contributed by atoms with van der Waals surface area (Å²) in [4.78, 5) is 22.7. The van der Waals surface area contributed by atoms with Crippen LogP contribution in [0.3, 0.4) is 0 Å². The molecule has 4 rings (SSSR count). The summed E-state index contributed by atoms with van der Waals surface area (Å²) in [5.74, 6) is 0.492. The molecule has 2 heterocycles. The van der Waals surface area contributed by atoms with E-state index in [4.69, 9.17) is 16.3 Å². The first-order chi connectivity index (χ1) is 15.6. The van der Waals surface area contributed by atoms with E-state index >= 15 is 0 Å². The lowest BCUT2D eigenvalue weighted by molar-refractivity contribution is -0.116. The second-order valence-corrected chi connectivity index (χ2v) is 7.68. The Kier molecular flexibility index (Phi) is 6.56. The number of benzene rings is 2. The highest BCUT2D eigenvalue weighted by Gasteiger charge is 2.24. The van der Waals surface area contributed by atoms with E-state index in [2.05, 4.69) is 56.9 Å². The molecule has 1 aliphatic heterocycles. The van der Waals surface area contributed by atoms with Crippen LogP contribution < -0.4 is 20.3 Å². The van der Waals surface area contributed by atoms with Crippen molar-refractivity contribution in [1.29, 1.82) is 0 Å². The maximum atomic E-state index is 11.4. The first kappa shape index (κ1) is 21.6. The van der Waals surface area contributed by atoms with E-state index in [1.54, 1.807) is 0 Å². The number of halogens is 1. The van der Waals surface area contributed by atoms with Crippen LogP contribution in [-0.2, 0) is 17.8 Å². The van der Waals surface area contributed by atoms with Gasteiger partial charge in [0.25, 0.3) is 0 Å². The Hall–Kier alpha value is -3.58. The molecule has 0 saturated carbocycles. The lowest BCUT2D eigenvalue weighted by Crippen LogP contribution is -2.33. The van der Waals surface area contributed by atoms with Gasteiger partial charge in [0.15, 0.2) is 0 Å². The second-order valence-electron chi connectivity index (χ2n) is 7.27. The fourth-order valence-corrected chi connectivity index (χ4v) is 4.14. The Labute approximate surface area is 191 Å². The van der Waals surface area contributed by atoms with Crippen molar-refractivity contribution in [2.45, 2.75) is 13.0 Å². The highest BCUT2D eigenvalue weighted by molar-refractivity contribution is 6.36. The molecule has 0 spiro atoms. The number of nitrogens with one attached hydrogen (secondary N) is 2. The molecule has 1 aromatic heterocycles. The Bertz CT molecular complexity index is 1180. The minimum absolute atomic E-state index is 0.211. The molecule has 1 aliphatic rings. The van der Waals surface area contributed by atoms with Crippen LogP contribution in [0.25, 0.3) is 10.8 Å². The lowest BCUT2D eigenvalue weighted by Gasteiger charge is -2.32. The number of hydrogen-bond donors (Lipinski definition) is 2. The summed E-state index contributed by atoms with van der Waals surface area (Å²) in [6.07, 6.45) is 3.31. The van der Waals surface area contributed by atoms with Crippen molar-refractivity contribution in [3.8, 4) is 6.01 Å². The molecule has 0 saturated heterocycles. The number of carbonyl (C=O) groups is 1. The van der Waals surface area contributed by atoms with E-state index in [9.17, 15) is 4.79 Å². The van der Waals surface area contributed by atoms with Gasteiger partial charge in [-0.25, -0.2) is 0 Å². The zero-order valence-electron chi connectivity index (χ0n) is 17.6. The zero-order valence-corrected chi connectivity index (χ0v) is 18.4. The maximum Gasteiger partial charge on any atom is 0.323 e. The Morgan fingerprint density at radius 1 is 1.19 bits per heavy atom. The number of aromatic nitrogens is 2. The maximum absolute atomic E-state index is 11.4. The summed E-state index contributed by atoms with van der Waals surface area (Å²) in [6.45, 7) is 9.41. The van der Waals surface area contributed by atoms with Crippen molar-refractivity contribution in [2.24, 2.45) is 0 Å². The Morgan fingerprint density at radius 3 is 2.78 bits per heavy atom. The third-order valence-electron chi connectivity index (χ3n) is 5.31. The van der Waals surface area contributed by atoms with Gasteiger partial charge in [-0.1, -0.05) is 49.0 Å². The van der Waals surface area contributed by atoms with Crippen LogP contribution in [-0.4, -0.2) is 35.5 Å². The molecule has 7 nitrogen and oxygen atoms in total. The van der Waals surface area contributed by atoms with Gasteiger partial charge >= 0.3 is 6.01 Å². The van der Waals surface area contributed by atoms with Crippen LogP contribution in [0.1, 0.15) is 11.3 Å². The van der Waals surface area contributed by atoms with E-state index in [1.165, 1.54) is 12.3 Å². The van der Waals surface area contributed by atoms with E-state index in [0.29, 0.717) is 25.5 Å². The molecular weight excluding hydrogens is 426 g/mol. The number of ether oxygens (including phenoxy) is 1. The smallest absolute Gasteiger partial charge is 0.323 e. The molecule has 164 valence electrons. The van der Waals surface area contributed by atoms with Gasteiger partial charge in [0.05, 0.1) is 23.5 Å². The summed E-state index contributed by atoms with van der Waals surface area (Å²) < 4.78 is 5.38. The molecule has 0 bridgehead atoms. The summed E-state index contributed by atoms with van der Waals surface area (Å²) in [6, 6.07) is 12.4. The monoisotopic (exact) mass is 449 g/mol. The van der Waals surface area contributed by atoms with Crippen molar-refractivity contribution >= 4 is 39.8 Å². The number of anilines is 2. The topological polar surface area (TPSA) is 79.4 Å². The minimum atomic E-state index is -0.211.